The van der Waals surface area contributed by atoms with Gasteiger partial charge in [-0.15, -0.1) is 0 Å². The maximum atomic E-state index is 11.9. The minimum Gasteiger partial charge on any atom is -0.463 e. The van der Waals surface area contributed by atoms with Gasteiger partial charge in [0.05, 0.1) is 22.6 Å². The van der Waals surface area contributed by atoms with Gasteiger partial charge in [0, 0.05) is 12.6 Å². The molecule has 12 heteroatoms. The highest BCUT2D eigenvalue weighted by molar-refractivity contribution is 14.1. The molecule has 1 aliphatic heterocycles. The number of carbonyl (C=O) groups is 1. The Labute approximate surface area is 155 Å². The van der Waals surface area contributed by atoms with E-state index in [1.807, 2.05) is 0 Å². The van der Waals surface area contributed by atoms with E-state index in [-0.39, 0.29) is 32.0 Å². The van der Waals surface area contributed by atoms with Crippen LogP contribution in [0.3, 0.4) is 0 Å². The molecule has 1 aromatic rings. The lowest BCUT2D eigenvalue weighted by Crippen LogP contribution is -2.33. The summed E-state index contributed by atoms with van der Waals surface area (Å²) in [6.45, 7) is -0.0728. The molecule has 0 radical (unpaired) electrons. The van der Waals surface area contributed by atoms with Crippen LogP contribution in [-0.4, -0.2) is 51.9 Å². The Balaban J connectivity index is 1.92. The molecule has 0 spiro atoms. The van der Waals surface area contributed by atoms with Crippen LogP contribution in [0.1, 0.15) is 19.1 Å². The first kappa shape index (κ1) is 19.4. The summed E-state index contributed by atoms with van der Waals surface area (Å²) in [5, 5.41) is 10.0. The molecular weight excluding hydrogens is 449 g/mol. The maximum absolute atomic E-state index is 11.9. The number of nitrogens with zero attached hydrogens (tertiary/aromatic N) is 2. The minimum absolute atomic E-state index is 0.0122. The van der Waals surface area contributed by atoms with Crippen molar-refractivity contribution in [3.63, 3.8) is 0 Å². The lowest BCUT2D eigenvalue weighted by Gasteiger charge is -2.16. The first-order chi connectivity index (χ1) is 11.8. The third-order valence-electron chi connectivity index (χ3n) is 3.46. The van der Waals surface area contributed by atoms with Crippen LogP contribution < -0.4 is 22.7 Å². The number of halogens is 1. The Morgan fingerprint density at radius 3 is 2.92 bits per heavy atom. The average Bonchev–Trinajstić information content (AvgIpc) is 2.89. The zero-order valence-corrected chi connectivity index (χ0v) is 15.2. The average molecular weight is 467 g/mol. The third-order valence-corrected chi connectivity index (χ3v) is 4.23. The highest BCUT2D eigenvalue weighted by atomic mass is 127. The second-order valence-electron chi connectivity index (χ2n) is 5.32. The molecule has 0 amide bonds. The van der Waals surface area contributed by atoms with E-state index < -0.39 is 35.7 Å². The van der Waals surface area contributed by atoms with Crippen LogP contribution in [-0.2, 0) is 14.3 Å². The van der Waals surface area contributed by atoms with Gasteiger partial charge in [-0.2, -0.15) is 0 Å². The number of aliphatic imine (C=N–C) groups is 1. The predicted molar refractivity (Wildman–Crippen MR) is 94.8 cm³/mol. The molecule has 0 unspecified atom stereocenters. The Hall–Kier alpha value is -1.93. The van der Waals surface area contributed by atoms with Crippen molar-refractivity contribution >= 4 is 34.5 Å². The Bertz CT molecular complexity index is 771. The molecule has 1 saturated heterocycles. The Kier molecular flexibility index (Phi) is 6.55. The number of aliphatic hydroxyl groups excluding tert-OH is 1. The third kappa shape index (κ3) is 5.27. The first-order valence-electron chi connectivity index (χ1n) is 7.33. The van der Waals surface area contributed by atoms with E-state index in [2.05, 4.69) is 9.98 Å². The molecule has 25 heavy (non-hydrogen) atoms. The van der Waals surface area contributed by atoms with E-state index in [1.54, 1.807) is 22.6 Å². The molecule has 1 aliphatic rings. The second-order valence-corrected chi connectivity index (χ2v) is 6.48. The number of guanidine groups is 1. The number of rotatable bonds is 6. The molecule has 138 valence electrons. The standard InChI is InChI=1S/C13H18IN5O6/c14-6-4-19(13(23)18-11(6)22)9-3-7(20)8(25-9)5-24-10(21)1-2-17-12(15)16/h4,7-9,20H,1-3,5H2,(H4,15,16,17)(H,18,22,23)/t7-,8+,9+/m0/s1. The number of hydrogen-bond acceptors (Lipinski definition) is 7. The van der Waals surface area contributed by atoms with Crippen molar-refractivity contribution in [3.8, 4) is 0 Å². The summed E-state index contributed by atoms with van der Waals surface area (Å²) in [4.78, 5) is 40.6. The largest absolute Gasteiger partial charge is 0.463 e. The normalized spacial score (nSPS) is 22.6. The second kappa shape index (κ2) is 8.44. The van der Waals surface area contributed by atoms with Gasteiger partial charge in [0.15, 0.2) is 5.96 Å². The number of aromatic nitrogens is 2. The molecule has 0 saturated carbocycles. The van der Waals surface area contributed by atoms with E-state index in [1.165, 1.54) is 10.8 Å². The van der Waals surface area contributed by atoms with Gasteiger partial charge in [-0.3, -0.25) is 24.1 Å². The van der Waals surface area contributed by atoms with Crippen molar-refractivity contribution in [2.75, 3.05) is 13.2 Å². The summed E-state index contributed by atoms with van der Waals surface area (Å²) >= 11 is 1.79. The summed E-state index contributed by atoms with van der Waals surface area (Å²) in [6.07, 6.45) is -1.01. The van der Waals surface area contributed by atoms with Gasteiger partial charge in [-0.05, 0) is 22.6 Å². The van der Waals surface area contributed by atoms with E-state index in [0.717, 1.165) is 0 Å². The number of ether oxygens (including phenoxy) is 2. The van der Waals surface area contributed by atoms with Crippen molar-refractivity contribution < 1.29 is 19.4 Å². The van der Waals surface area contributed by atoms with Crippen LogP contribution in [0.2, 0.25) is 0 Å². The highest BCUT2D eigenvalue weighted by Crippen LogP contribution is 2.27. The van der Waals surface area contributed by atoms with Crippen LogP contribution in [0.5, 0.6) is 0 Å². The van der Waals surface area contributed by atoms with Gasteiger partial charge in [0.25, 0.3) is 5.56 Å². The van der Waals surface area contributed by atoms with Gasteiger partial charge in [-0.25, -0.2) is 4.79 Å². The van der Waals surface area contributed by atoms with E-state index in [0.29, 0.717) is 3.57 Å². The van der Waals surface area contributed by atoms with Crippen LogP contribution >= 0.6 is 22.6 Å². The van der Waals surface area contributed by atoms with Crippen LogP contribution in [0.4, 0.5) is 0 Å². The summed E-state index contributed by atoms with van der Waals surface area (Å²) < 4.78 is 12.1. The summed E-state index contributed by atoms with van der Waals surface area (Å²) in [7, 11) is 0. The van der Waals surface area contributed by atoms with E-state index in [4.69, 9.17) is 20.9 Å². The minimum atomic E-state index is -0.924. The molecule has 2 heterocycles. The number of nitrogens with two attached hydrogens (primary N) is 2. The predicted octanol–water partition coefficient (Wildman–Crippen LogP) is -2.00. The molecule has 11 nitrogen and oxygen atoms in total. The molecule has 1 fully saturated rings. The molecule has 0 aliphatic carbocycles. The Morgan fingerprint density at radius 2 is 2.24 bits per heavy atom. The van der Waals surface area contributed by atoms with Gasteiger partial charge < -0.3 is 26.0 Å². The Morgan fingerprint density at radius 1 is 1.52 bits per heavy atom. The van der Waals surface area contributed by atoms with Gasteiger partial charge in [0.1, 0.15) is 18.9 Å². The molecule has 3 atom stereocenters. The number of H-pyrrole nitrogens is 1. The van der Waals surface area contributed by atoms with E-state index >= 15 is 0 Å². The first-order valence-corrected chi connectivity index (χ1v) is 8.41. The topological polar surface area (TPSA) is 175 Å². The number of hydrogen-bond donors (Lipinski definition) is 4. The fraction of sp³-hybridized carbons (Fsp3) is 0.538. The number of esters is 1. The number of nitrogens with one attached hydrogen (secondary N) is 1. The molecule has 1 aromatic heterocycles. The number of aromatic amines is 1. The van der Waals surface area contributed by atoms with Crippen molar-refractivity contribution in [1.82, 2.24) is 9.55 Å². The number of carbonyl (C=O) groups excluding carboxylic acids is 1. The zero-order valence-electron chi connectivity index (χ0n) is 13.1. The molecule has 0 aromatic carbocycles. The lowest BCUT2D eigenvalue weighted by atomic mass is 10.2. The van der Waals surface area contributed by atoms with Crippen molar-refractivity contribution in [2.24, 2.45) is 16.5 Å². The molecular formula is C13H18IN5O6. The quantitative estimate of drug-likeness (QED) is 0.161. The van der Waals surface area contributed by atoms with E-state index in [9.17, 15) is 19.5 Å². The maximum Gasteiger partial charge on any atom is 0.330 e. The SMILES string of the molecule is NC(N)=NCCC(=O)OC[C@H]1O[C@@H](n2cc(I)c(=O)[nH]c2=O)C[C@@H]1O. The van der Waals surface area contributed by atoms with Crippen molar-refractivity contribution in [1.29, 1.82) is 0 Å². The van der Waals surface area contributed by atoms with Gasteiger partial charge >= 0.3 is 11.7 Å². The smallest absolute Gasteiger partial charge is 0.330 e. The fourth-order valence-corrected chi connectivity index (χ4v) is 2.67. The molecule has 2 rings (SSSR count). The summed E-state index contributed by atoms with van der Waals surface area (Å²) in [5.41, 5.74) is 9.16. The fourth-order valence-electron chi connectivity index (χ4n) is 2.23. The van der Waals surface area contributed by atoms with Crippen molar-refractivity contribution in [2.45, 2.75) is 31.3 Å². The van der Waals surface area contributed by atoms with Crippen molar-refractivity contribution in [3.05, 3.63) is 30.6 Å². The summed E-state index contributed by atoms with van der Waals surface area (Å²) in [5.74, 6) is -0.661. The monoisotopic (exact) mass is 467 g/mol. The lowest BCUT2D eigenvalue weighted by molar-refractivity contribution is -0.149. The van der Waals surface area contributed by atoms with Gasteiger partial charge in [-0.1, -0.05) is 0 Å². The van der Waals surface area contributed by atoms with Gasteiger partial charge in [0.2, 0.25) is 0 Å². The highest BCUT2D eigenvalue weighted by Gasteiger charge is 2.36. The zero-order chi connectivity index (χ0) is 18.6. The molecule has 6 N–H and O–H groups in total. The van der Waals surface area contributed by atoms with Crippen LogP contribution in [0, 0.1) is 3.57 Å². The molecule has 0 bridgehead atoms. The number of aliphatic hydroxyl groups is 1. The van der Waals surface area contributed by atoms with Crippen LogP contribution in [0.15, 0.2) is 20.8 Å². The summed E-state index contributed by atoms with van der Waals surface area (Å²) in [6, 6.07) is 0. The van der Waals surface area contributed by atoms with Crippen LogP contribution in [0.25, 0.3) is 0 Å².